The van der Waals surface area contributed by atoms with E-state index >= 15 is 0 Å². The van der Waals surface area contributed by atoms with Crippen LogP contribution >= 0.6 is 0 Å². The minimum Gasteiger partial charge on any atom is -0.508 e. The van der Waals surface area contributed by atoms with Gasteiger partial charge in [-0.1, -0.05) is 0 Å². The molecule has 2 nitrogen and oxygen atoms in total. The zero-order valence-electron chi connectivity index (χ0n) is 5.05. The summed E-state index contributed by atoms with van der Waals surface area (Å²) in [6.45, 7) is 1.71. The van der Waals surface area contributed by atoms with Gasteiger partial charge in [0, 0.05) is 6.07 Å². The number of phenols is 2. The summed E-state index contributed by atoms with van der Waals surface area (Å²) >= 11 is 0. The van der Waals surface area contributed by atoms with E-state index in [0.29, 0.717) is 5.56 Å². The second kappa shape index (κ2) is 1.97. The second-order valence-corrected chi connectivity index (χ2v) is 1.89. The Labute approximate surface area is 53.4 Å². The lowest BCUT2D eigenvalue weighted by Crippen LogP contribution is -1.72. The van der Waals surface area contributed by atoms with Gasteiger partial charge in [0.1, 0.15) is 11.5 Å². The third-order valence-corrected chi connectivity index (χ3v) is 1.11. The first-order chi connectivity index (χ1) is 4.20. The molecule has 0 aliphatic rings. The maximum Gasteiger partial charge on any atom is 0.124 e. The van der Waals surface area contributed by atoms with Crippen LogP contribution in [0.3, 0.4) is 0 Å². The topological polar surface area (TPSA) is 40.5 Å². The van der Waals surface area contributed by atoms with Crippen molar-refractivity contribution in [3.05, 3.63) is 23.8 Å². The van der Waals surface area contributed by atoms with Gasteiger partial charge in [-0.2, -0.15) is 0 Å². The fourth-order valence-corrected chi connectivity index (χ4v) is 0.577. The first kappa shape index (κ1) is 5.95. The van der Waals surface area contributed by atoms with Gasteiger partial charge < -0.3 is 10.2 Å². The van der Waals surface area contributed by atoms with Gasteiger partial charge in [0.2, 0.25) is 0 Å². The van der Waals surface area contributed by atoms with Crippen molar-refractivity contribution in [3.63, 3.8) is 0 Å². The van der Waals surface area contributed by atoms with Crippen molar-refractivity contribution in [1.82, 2.24) is 0 Å². The zero-order chi connectivity index (χ0) is 6.85. The standard InChI is InChI=1S/C7H7O2/c1-5-4-6(8)2-3-7(5)9/h3-4,8-9H,1H3. The third-order valence-electron chi connectivity index (χ3n) is 1.11. The van der Waals surface area contributed by atoms with Crippen LogP contribution in [-0.2, 0) is 0 Å². The molecule has 0 aromatic heterocycles. The highest BCUT2D eigenvalue weighted by molar-refractivity contribution is 5.36. The average molecular weight is 123 g/mol. The number of phenolic OH excluding ortho intramolecular Hbond substituents is 2. The summed E-state index contributed by atoms with van der Waals surface area (Å²) < 4.78 is 0. The predicted octanol–water partition coefficient (Wildman–Crippen LogP) is 1.21. The van der Waals surface area contributed by atoms with Crippen LogP contribution in [0.2, 0.25) is 0 Å². The van der Waals surface area contributed by atoms with Gasteiger partial charge in [0.25, 0.3) is 0 Å². The molecular formula is C7H7O2. The second-order valence-electron chi connectivity index (χ2n) is 1.89. The Kier molecular flexibility index (Phi) is 1.30. The molecule has 0 bridgehead atoms. The maximum atomic E-state index is 8.90. The van der Waals surface area contributed by atoms with Gasteiger partial charge in [-0.15, -0.1) is 0 Å². The summed E-state index contributed by atoms with van der Waals surface area (Å²) in [5, 5.41) is 17.7. The van der Waals surface area contributed by atoms with E-state index in [1.165, 1.54) is 12.1 Å². The Hall–Kier alpha value is -1.18. The van der Waals surface area contributed by atoms with Crippen LogP contribution in [0.1, 0.15) is 5.56 Å². The van der Waals surface area contributed by atoms with Crippen LogP contribution < -0.4 is 0 Å². The summed E-state index contributed by atoms with van der Waals surface area (Å²) in [6.07, 6.45) is 0. The predicted molar refractivity (Wildman–Crippen MR) is 33.3 cm³/mol. The van der Waals surface area contributed by atoms with E-state index in [-0.39, 0.29) is 11.5 Å². The smallest absolute Gasteiger partial charge is 0.124 e. The molecule has 1 aromatic rings. The van der Waals surface area contributed by atoms with E-state index in [1.807, 2.05) is 0 Å². The molecule has 0 saturated heterocycles. The summed E-state index contributed by atoms with van der Waals surface area (Å²) in [7, 11) is 0. The van der Waals surface area contributed by atoms with Crippen molar-refractivity contribution in [2.75, 3.05) is 0 Å². The van der Waals surface area contributed by atoms with Gasteiger partial charge in [0.15, 0.2) is 0 Å². The molecule has 9 heavy (non-hydrogen) atoms. The fourth-order valence-electron chi connectivity index (χ4n) is 0.577. The van der Waals surface area contributed by atoms with Crippen LogP contribution in [0.5, 0.6) is 11.5 Å². The van der Waals surface area contributed by atoms with E-state index in [9.17, 15) is 0 Å². The van der Waals surface area contributed by atoms with Crippen molar-refractivity contribution < 1.29 is 10.2 Å². The number of hydrogen-bond donors (Lipinski definition) is 2. The van der Waals surface area contributed by atoms with E-state index in [4.69, 9.17) is 10.2 Å². The van der Waals surface area contributed by atoms with Gasteiger partial charge in [0.05, 0.1) is 0 Å². The Bertz CT molecular complexity index is 218. The van der Waals surface area contributed by atoms with Gasteiger partial charge in [-0.3, -0.25) is 0 Å². The molecule has 0 atom stereocenters. The molecular weight excluding hydrogens is 116 g/mol. The van der Waals surface area contributed by atoms with E-state index in [2.05, 4.69) is 6.07 Å². The van der Waals surface area contributed by atoms with Crippen molar-refractivity contribution in [2.45, 2.75) is 6.92 Å². The van der Waals surface area contributed by atoms with E-state index < -0.39 is 0 Å². The largest absolute Gasteiger partial charge is 0.508 e. The molecule has 0 heterocycles. The first-order valence-electron chi connectivity index (χ1n) is 2.60. The van der Waals surface area contributed by atoms with Crippen molar-refractivity contribution in [2.24, 2.45) is 0 Å². The molecule has 0 spiro atoms. The monoisotopic (exact) mass is 123 g/mol. The highest BCUT2D eigenvalue weighted by Gasteiger charge is 1.94. The minimum absolute atomic E-state index is 0.0605. The van der Waals surface area contributed by atoms with E-state index in [0.717, 1.165) is 0 Å². The molecule has 0 fully saturated rings. The van der Waals surface area contributed by atoms with Crippen molar-refractivity contribution in [1.29, 1.82) is 0 Å². The lowest BCUT2D eigenvalue weighted by atomic mass is 10.2. The van der Waals surface area contributed by atoms with Gasteiger partial charge in [-0.05, 0) is 24.6 Å². The lowest BCUT2D eigenvalue weighted by Gasteiger charge is -1.95. The Morgan fingerprint density at radius 1 is 1.44 bits per heavy atom. The maximum absolute atomic E-state index is 8.90. The number of aromatic hydroxyl groups is 2. The number of aryl methyl sites for hydroxylation is 1. The molecule has 47 valence electrons. The lowest BCUT2D eigenvalue weighted by molar-refractivity contribution is 0.456. The number of rotatable bonds is 0. The molecule has 0 unspecified atom stereocenters. The van der Waals surface area contributed by atoms with Crippen LogP contribution in [0, 0.1) is 13.0 Å². The van der Waals surface area contributed by atoms with Gasteiger partial charge in [-0.25, -0.2) is 0 Å². The summed E-state index contributed by atoms with van der Waals surface area (Å²) in [5.41, 5.74) is 0.659. The highest BCUT2D eigenvalue weighted by atomic mass is 16.3. The minimum atomic E-state index is 0.0605. The molecule has 1 aromatic carbocycles. The quantitative estimate of drug-likeness (QED) is 0.509. The summed E-state index contributed by atoms with van der Waals surface area (Å²) in [5.74, 6) is 0.220. The van der Waals surface area contributed by atoms with Crippen LogP contribution in [0.4, 0.5) is 0 Å². The summed E-state index contributed by atoms with van der Waals surface area (Å²) in [6, 6.07) is 5.24. The number of benzene rings is 1. The van der Waals surface area contributed by atoms with Crippen molar-refractivity contribution in [3.8, 4) is 11.5 Å². The molecule has 0 aliphatic heterocycles. The Balaban J connectivity index is 3.17. The molecule has 1 radical (unpaired) electrons. The average Bonchev–Trinajstić information content (AvgIpc) is 1.80. The Morgan fingerprint density at radius 3 is 2.56 bits per heavy atom. The van der Waals surface area contributed by atoms with Crippen LogP contribution in [0.15, 0.2) is 12.1 Å². The fraction of sp³-hybridized carbons (Fsp3) is 0.143. The van der Waals surface area contributed by atoms with Crippen LogP contribution in [0.25, 0.3) is 0 Å². The highest BCUT2D eigenvalue weighted by Crippen LogP contribution is 2.19. The van der Waals surface area contributed by atoms with Crippen LogP contribution in [-0.4, -0.2) is 10.2 Å². The molecule has 0 amide bonds. The third kappa shape index (κ3) is 1.13. The van der Waals surface area contributed by atoms with Gasteiger partial charge >= 0.3 is 0 Å². The Morgan fingerprint density at radius 2 is 2.11 bits per heavy atom. The summed E-state index contributed by atoms with van der Waals surface area (Å²) in [4.78, 5) is 0. The zero-order valence-corrected chi connectivity index (χ0v) is 5.05. The van der Waals surface area contributed by atoms with Crippen molar-refractivity contribution >= 4 is 0 Å². The molecule has 2 N–H and O–H groups in total. The SMILES string of the molecule is Cc1cc(O)[c]cc1O. The normalized spacial score (nSPS) is 9.44. The number of hydrogen-bond acceptors (Lipinski definition) is 2. The molecule has 0 saturated carbocycles. The molecule has 1 rings (SSSR count). The first-order valence-corrected chi connectivity index (χ1v) is 2.60. The van der Waals surface area contributed by atoms with E-state index in [1.54, 1.807) is 6.92 Å². The molecule has 2 heteroatoms. The molecule has 0 aliphatic carbocycles.